The van der Waals surface area contributed by atoms with E-state index >= 15 is 0 Å². The number of nitrogens with zero attached hydrogens (tertiary/aromatic N) is 2. The fraction of sp³-hybridized carbons (Fsp3) is 0.0714. The zero-order chi connectivity index (χ0) is 13.5. The van der Waals surface area contributed by atoms with Gasteiger partial charge in [-0.3, -0.25) is 9.78 Å². The van der Waals surface area contributed by atoms with Gasteiger partial charge in [-0.2, -0.15) is 5.10 Å². The minimum Gasteiger partial charge on any atom is -0.497 e. The van der Waals surface area contributed by atoms with E-state index in [4.69, 9.17) is 4.74 Å². The molecule has 1 N–H and O–H groups in total. The molecule has 0 saturated heterocycles. The fourth-order valence-electron chi connectivity index (χ4n) is 1.42. The van der Waals surface area contributed by atoms with Crippen LogP contribution in [0.15, 0.2) is 53.9 Å². The zero-order valence-corrected chi connectivity index (χ0v) is 10.4. The molecule has 0 radical (unpaired) electrons. The first-order valence-corrected chi connectivity index (χ1v) is 5.67. The van der Waals surface area contributed by atoms with Crippen LogP contribution in [0.25, 0.3) is 0 Å². The lowest BCUT2D eigenvalue weighted by Gasteiger charge is -2.00. The van der Waals surface area contributed by atoms with E-state index in [1.807, 2.05) is 24.3 Å². The highest BCUT2D eigenvalue weighted by molar-refractivity contribution is 5.94. The van der Waals surface area contributed by atoms with Crippen LogP contribution in [-0.2, 0) is 0 Å². The van der Waals surface area contributed by atoms with Crippen LogP contribution >= 0.6 is 0 Å². The van der Waals surface area contributed by atoms with Gasteiger partial charge in [-0.1, -0.05) is 0 Å². The summed E-state index contributed by atoms with van der Waals surface area (Å²) in [5.74, 6) is 0.505. The van der Waals surface area contributed by atoms with E-state index in [0.29, 0.717) is 5.56 Å². The number of ether oxygens (including phenoxy) is 1. The largest absolute Gasteiger partial charge is 0.497 e. The summed E-state index contributed by atoms with van der Waals surface area (Å²) in [6.07, 6.45) is 4.68. The van der Waals surface area contributed by atoms with Crippen molar-refractivity contribution in [2.24, 2.45) is 5.10 Å². The highest BCUT2D eigenvalue weighted by Crippen LogP contribution is 2.09. The van der Waals surface area contributed by atoms with Gasteiger partial charge in [-0.15, -0.1) is 0 Å². The molecule has 0 aliphatic rings. The number of hydrogen-bond acceptors (Lipinski definition) is 4. The molecule has 5 nitrogen and oxygen atoms in total. The predicted molar refractivity (Wildman–Crippen MR) is 72.3 cm³/mol. The van der Waals surface area contributed by atoms with Crippen molar-refractivity contribution >= 4 is 12.1 Å². The first-order valence-electron chi connectivity index (χ1n) is 5.67. The van der Waals surface area contributed by atoms with Crippen molar-refractivity contribution in [1.82, 2.24) is 10.4 Å². The van der Waals surface area contributed by atoms with Crippen molar-refractivity contribution in [2.75, 3.05) is 7.11 Å². The molecule has 2 aromatic rings. The Morgan fingerprint density at radius 1 is 1.21 bits per heavy atom. The zero-order valence-electron chi connectivity index (χ0n) is 10.4. The van der Waals surface area contributed by atoms with Crippen LogP contribution in [0, 0.1) is 0 Å². The van der Waals surface area contributed by atoms with Crippen molar-refractivity contribution in [1.29, 1.82) is 0 Å². The van der Waals surface area contributed by atoms with Gasteiger partial charge in [-0.05, 0) is 42.0 Å². The molecule has 1 amide bonds. The number of rotatable bonds is 4. The van der Waals surface area contributed by atoms with Crippen molar-refractivity contribution < 1.29 is 9.53 Å². The predicted octanol–water partition coefficient (Wildman–Crippen LogP) is 1.85. The third kappa shape index (κ3) is 3.64. The van der Waals surface area contributed by atoms with E-state index in [9.17, 15) is 4.79 Å². The number of amides is 1. The summed E-state index contributed by atoms with van der Waals surface area (Å²) in [4.78, 5) is 15.5. The van der Waals surface area contributed by atoms with Gasteiger partial charge in [0.25, 0.3) is 5.91 Å². The maximum atomic E-state index is 11.7. The van der Waals surface area contributed by atoms with Crippen LogP contribution in [0.4, 0.5) is 0 Å². The minimum atomic E-state index is -0.271. The Morgan fingerprint density at radius 2 is 1.89 bits per heavy atom. The van der Waals surface area contributed by atoms with Crippen LogP contribution in [0.5, 0.6) is 5.75 Å². The van der Waals surface area contributed by atoms with E-state index in [2.05, 4.69) is 15.5 Å². The summed E-state index contributed by atoms with van der Waals surface area (Å²) in [5.41, 5.74) is 3.83. The molecule has 1 aromatic carbocycles. The average molecular weight is 255 g/mol. The molecule has 0 aliphatic carbocycles. The molecule has 0 fully saturated rings. The topological polar surface area (TPSA) is 63.6 Å². The molecule has 1 aromatic heterocycles. The van der Waals surface area contributed by atoms with Crippen molar-refractivity contribution in [2.45, 2.75) is 0 Å². The Hall–Kier alpha value is -2.69. The van der Waals surface area contributed by atoms with Crippen LogP contribution in [0.1, 0.15) is 15.9 Å². The molecule has 19 heavy (non-hydrogen) atoms. The van der Waals surface area contributed by atoms with Crippen molar-refractivity contribution in [3.63, 3.8) is 0 Å². The van der Waals surface area contributed by atoms with Gasteiger partial charge < -0.3 is 4.74 Å². The molecule has 96 valence electrons. The summed E-state index contributed by atoms with van der Waals surface area (Å²) >= 11 is 0. The second-order valence-electron chi connectivity index (χ2n) is 3.71. The highest BCUT2D eigenvalue weighted by atomic mass is 16.5. The number of carbonyl (C=O) groups is 1. The highest BCUT2D eigenvalue weighted by Gasteiger charge is 2.01. The fourth-order valence-corrected chi connectivity index (χ4v) is 1.42. The summed E-state index contributed by atoms with van der Waals surface area (Å²) in [6, 6.07) is 10.6. The summed E-state index contributed by atoms with van der Waals surface area (Å²) in [5, 5.41) is 3.89. The number of carbonyl (C=O) groups excluding carboxylic acids is 1. The van der Waals surface area contributed by atoms with E-state index < -0.39 is 0 Å². The van der Waals surface area contributed by atoms with Crippen LogP contribution in [-0.4, -0.2) is 24.2 Å². The van der Waals surface area contributed by atoms with E-state index in [-0.39, 0.29) is 5.91 Å². The monoisotopic (exact) mass is 255 g/mol. The Balaban J connectivity index is 1.94. The second kappa shape index (κ2) is 6.30. The molecule has 0 atom stereocenters. The quantitative estimate of drug-likeness (QED) is 0.670. The van der Waals surface area contributed by atoms with Gasteiger partial charge in [0, 0.05) is 18.0 Å². The summed E-state index contributed by atoms with van der Waals surface area (Å²) in [6.45, 7) is 0. The first-order chi connectivity index (χ1) is 9.29. The molecule has 0 spiro atoms. The Kier molecular flexibility index (Phi) is 4.23. The van der Waals surface area contributed by atoms with Gasteiger partial charge in [0.1, 0.15) is 5.75 Å². The third-order valence-electron chi connectivity index (χ3n) is 2.44. The van der Waals surface area contributed by atoms with Crippen LogP contribution < -0.4 is 10.2 Å². The Morgan fingerprint density at radius 3 is 2.53 bits per heavy atom. The normalized spacial score (nSPS) is 10.4. The summed E-state index contributed by atoms with van der Waals surface area (Å²) in [7, 11) is 1.61. The molecular formula is C14H13N3O2. The van der Waals surface area contributed by atoms with Gasteiger partial charge in [-0.25, -0.2) is 5.43 Å². The molecular weight excluding hydrogens is 242 g/mol. The lowest BCUT2D eigenvalue weighted by molar-refractivity contribution is 0.0955. The van der Waals surface area contributed by atoms with E-state index in [0.717, 1.165) is 11.3 Å². The van der Waals surface area contributed by atoms with E-state index in [1.165, 1.54) is 0 Å². The molecule has 5 heteroatoms. The Bertz CT molecular complexity index is 565. The third-order valence-corrected chi connectivity index (χ3v) is 2.44. The standard InChI is InChI=1S/C14H13N3O2/c1-19-13-4-2-11(3-5-13)10-16-17-14(18)12-6-8-15-9-7-12/h2-10H,1H3,(H,17,18)/b16-10+. The SMILES string of the molecule is COc1ccc(/C=N/NC(=O)c2ccncc2)cc1. The summed E-state index contributed by atoms with van der Waals surface area (Å²) < 4.78 is 5.05. The number of pyridine rings is 1. The number of aromatic nitrogens is 1. The lowest BCUT2D eigenvalue weighted by Crippen LogP contribution is -2.17. The Labute approximate surface area is 110 Å². The molecule has 2 rings (SSSR count). The molecule has 0 saturated carbocycles. The number of methoxy groups -OCH3 is 1. The number of hydrazone groups is 1. The van der Waals surface area contributed by atoms with Gasteiger partial charge in [0.2, 0.25) is 0 Å². The van der Waals surface area contributed by atoms with Gasteiger partial charge in [0.15, 0.2) is 0 Å². The molecule has 0 aliphatic heterocycles. The number of nitrogens with one attached hydrogen (secondary N) is 1. The van der Waals surface area contributed by atoms with Gasteiger partial charge >= 0.3 is 0 Å². The van der Waals surface area contributed by atoms with Crippen LogP contribution in [0.2, 0.25) is 0 Å². The maximum Gasteiger partial charge on any atom is 0.271 e. The van der Waals surface area contributed by atoms with Gasteiger partial charge in [0.05, 0.1) is 13.3 Å². The van der Waals surface area contributed by atoms with Crippen LogP contribution in [0.3, 0.4) is 0 Å². The molecule has 1 heterocycles. The second-order valence-corrected chi connectivity index (χ2v) is 3.71. The van der Waals surface area contributed by atoms with E-state index in [1.54, 1.807) is 37.9 Å². The lowest BCUT2D eigenvalue weighted by atomic mass is 10.2. The number of hydrogen-bond donors (Lipinski definition) is 1. The van der Waals surface area contributed by atoms with Crippen molar-refractivity contribution in [3.05, 3.63) is 59.9 Å². The maximum absolute atomic E-state index is 11.7. The molecule has 0 bridgehead atoms. The van der Waals surface area contributed by atoms with Crippen molar-refractivity contribution in [3.8, 4) is 5.75 Å². The smallest absolute Gasteiger partial charge is 0.271 e. The minimum absolute atomic E-state index is 0.271. The average Bonchev–Trinajstić information content (AvgIpc) is 2.49. The first kappa shape index (κ1) is 12.8. The number of benzene rings is 1. The molecule has 0 unspecified atom stereocenters.